The number of nitrogens with one attached hydrogen (secondary N) is 1. The number of sulfone groups is 1. The molecule has 1 amide bonds. The van der Waals surface area contributed by atoms with Crippen molar-refractivity contribution in [3.63, 3.8) is 0 Å². The lowest BCUT2D eigenvalue weighted by Crippen LogP contribution is -2.30. The van der Waals surface area contributed by atoms with Crippen LogP contribution < -0.4 is 11.3 Å². The van der Waals surface area contributed by atoms with Crippen molar-refractivity contribution in [2.24, 2.45) is 5.84 Å². The molecule has 0 aliphatic rings. The van der Waals surface area contributed by atoms with Gasteiger partial charge >= 0.3 is 0 Å². The van der Waals surface area contributed by atoms with Gasteiger partial charge in [0.1, 0.15) is 15.6 Å². The second-order valence-electron chi connectivity index (χ2n) is 4.20. The zero-order valence-corrected chi connectivity index (χ0v) is 12.7. The molecule has 0 aliphatic carbocycles. The van der Waals surface area contributed by atoms with Crippen LogP contribution in [0, 0.1) is 0 Å². The zero-order valence-electron chi connectivity index (χ0n) is 11.1. The molecule has 1 aromatic rings. The van der Waals surface area contributed by atoms with Crippen molar-refractivity contribution in [2.45, 2.75) is 38.9 Å². The fraction of sp³-hybridized carbons (Fsp3) is 0.636. The molecule has 0 atom stereocenters. The summed E-state index contributed by atoms with van der Waals surface area (Å²) in [5.41, 5.74) is 2.69. The number of thiazole rings is 1. The van der Waals surface area contributed by atoms with Gasteiger partial charge in [0.05, 0.1) is 11.4 Å². The molecule has 1 heterocycles. The zero-order chi connectivity index (χ0) is 14.5. The maximum absolute atomic E-state index is 11.8. The van der Waals surface area contributed by atoms with E-state index >= 15 is 0 Å². The monoisotopic (exact) mass is 305 g/mol. The molecular weight excluding hydrogens is 286 g/mol. The molecule has 1 rings (SSSR count). The van der Waals surface area contributed by atoms with E-state index < -0.39 is 15.7 Å². The molecule has 0 unspecified atom stereocenters. The molecule has 0 fully saturated rings. The topological polar surface area (TPSA) is 102 Å². The van der Waals surface area contributed by atoms with Crippen molar-refractivity contribution < 1.29 is 13.2 Å². The third-order valence-corrected chi connectivity index (χ3v) is 5.45. The van der Waals surface area contributed by atoms with E-state index in [1.807, 2.05) is 13.8 Å². The van der Waals surface area contributed by atoms with E-state index in [4.69, 9.17) is 5.84 Å². The van der Waals surface area contributed by atoms with Crippen molar-refractivity contribution >= 4 is 27.1 Å². The van der Waals surface area contributed by atoms with Crippen LogP contribution in [-0.4, -0.2) is 25.1 Å². The van der Waals surface area contributed by atoms with Gasteiger partial charge in [0, 0.05) is 0 Å². The summed E-state index contributed by atoms with van der Waals surface area (Å²) in [5.74, 6) is 4.72. The molecule has 19 heavy (non-hydrogen) atoms. The summed E-state index contributed by atoms with van der Waals surface area (Å²) < 4.78 is 23.5. The highest BCUT2D eigenvalue weighted by Crippen LogP contribution is 2.22. The van der Waals surface area contributed by atoms with Gasteiger partial charge in [-0.05, 0) is 12.8 Å². The second kappa shape index (κ2) is 6.97. The molecule has 0 bridgehead atoms. The van der Waals surface area contributed by atoms with Gasteiger partial charge in [-0.15, -0.1) is 11.3 Å². The number of nitrogens with two attached hydrogens (primary N) is 1. The first-order chi connectivity index (χ1) is 8.93. The number of aryl methyl sites for hydroxylation is 1. The average molecular weight is 305 g/mol. The third-order valence-electron chi connectivity index (χ3n) is 2.42. The lowest BCUT2D eigenvalue weighted by atomic mass is 10.2. The minimum atomic E-state index is -3.15. The number of carbonyl (C=O) groups is 1. The highest BCUT2D eigenvalue weighted by molar-refractivity contribution is 7.90. The lowest BCUT2D eigenvalue weighted by molar-refractivity contribution is 0.0956. The summed E-state index contributed by atoms with van der Waals surface area (Å²) in [6.07, 6.45) is 2.04. The Kier molecular flexibility index (Phi) is 5.89. The van der Waals surface area contributed by atoms with Crippen molar-refractivity contribution in [3.8, 4) is 0 Å². The molecule has 0 saturated carbocycles. The standard InChI is InChI=1S/C11H19N3O3S2/c1-3-5-8-10(11(15)14-12)18-9(13-8)7-19(16,17)6-4-2/h3-7,12H2,1-2H3,(H,14,15). The number of rotatable bonds is 7. The smallest absolute Gasteiger partial charge is 0.277 e. The molecule has 0 spiro atoms. The molecule has 6 nitrogen and oxygen atoms in total. The Morgan fingerprint density at radius 2 is 2.05 bits per heavy atom. The molecule has 0 aliphatic heterocycles. The van der Waals surface area contributed by atoms with E-state index in [0.29, 0.717) is 28.4 Å². The Morgan fingerprint density at radius 1 is 1.37 bits per heavy atom. The van der Waals surface area contributed by atoms with E-state index in [2.05, 4.69) is 10.4 Å². The van der Waals surface area contributed by atoms with Crippen molar-refractivity contribution in [1.29, 1.82) is 0 Å². The lowest BCUT2D eigenvalue weighted by Gasteiger charge is -1.98. The molecule has 8 heteroatoms. The van der Waals surface area contributed by atoms with Gasteiger partial charge in [0.15, 0.2) is 9.84 Å². The van der Waals surface area contributed by atoms with Crippen LogP contribution in [0.3, 0.4) is 0 Å². The fourth-order valence-corrected chi connectivity index (χ4v) is 4.47. The Hall–Kier alpha value is -0.990. The van der Waals surface area contributed by atoms with Crippen LogP contribution in [0.4, 0.5) is 0 Å². The van der Waals surface area contributed by atoms with Crippen LogP contribution in [0.25, 0.3) is 0 Å². The van der Waals surface area contributed by atoms with Gasteiger partial charge in [-0.1, -0.05) is 20.3 Å². The molecule has 0 aromatic carbocycles. The highest BCUT2D eigenvalue weighted by Gasteiger charge is 2.20. The second-order valence-corrected chi connectivity index (χ2v) is 7.47. The van der Waals surface area contributed by atoms with Crippen LogP contribution in [0.2, 0.25) is 0 Å². The number of carbonyl (C=O) groups excluding carboxylic acids is 1. The van der Waals surface area contributed by atoms with E-state index in [9.17, 15) is 13.2 Å². The van der Waals surface area contributed by atoms with Crippen molar-refractivity contribution in [1.82, 2.24) is 10.4 Å². The number of hydrogen-bond acceptors (Lipinski definition) is 6. The highest BCUT2D eigenvalue weighted by atomic mass is 32.2. The maximum Gasteiger partial charge on any atom is 0.277 e. The molecule has 1 aromatic heterocycles. The normalized spacial score (nSPS) is 11.5. The van der Waals surface area contributed by atoms with Crippen LogP contribution in [0.15, 0.2) is 0 Å². The first-order valence-corrected chi connectivity index (χ1v) is 8.77. The van der Waals surface area contributed by atoms with Gasteiger partial charge in [-0.3, -0.25) is 10.2 Å². The largest absolute Gasteiger partial charge is 0.289 e. The van der Waals surface area contributed by atoms with Crippen LogP contribution >= 0.6 is 11.3 Å². The van der Waals surface area contributed by atoms with Crippen molar-refractivity contribution in [2.75, 3.05) is 5.75 Å². The van der Waals surface area contributed by atoms with E-state index in [1.165, 1.54) is 0 Å². The Labute approximate surface area is 117 Å². The van der Waals surface area contributed by atoms with E-state index in [-0.39, 0.29) is 11.5 Å². The number of amides is 1. The summed E-state index contributed by atoms with van der Waals surface area (Å²) in [4.78, 5) is 16.3. The molecule has 0 saturated heterocycles. The minimum absolute atomic E-state index is 0.111. The van der Waals surface area contributed by atoms with Crippen LogP contribution in [0.1, 0.15) is 47.1 Å². The molecule has 108 valence electrons. The molecular formula is C11H19N3O3S2. The quantitative estimate of drug-likeness (QED) is 0.445. The van der Waals surface area contributed by atoms with Gasteiger partial charge in [-0.2, -0.15) is 0 Å². The third kappa shape index (κ3) is 4.55. The summed E-state index contributed by atoms with van der Waals surface area (Å²) in [6, 6.07) is 0. The SMILES string of the molecule is CCCc1nc(CS(=O)(=O)CCC)sc1C(=O)NN. The van der Waals surface area contributed by atoms with Gasteiger partial charge in [0.2, 0.25) is 0 Å². The fourth-order valence-electron chi connectivity index (χ4n) is 1.68. The molecule has 0 radical (unpaired) electrons. The van der Waals surface area contributed by atoms with Gasteiger partial charge < -0.3 is 0 Å². The Morgan fingerprint density at radius 3 is 2.58 bits per heavy atom. The minimum Gasteiger partial charge on any atom is -0.289 e. The van der Waals surface area contributed by atoms with E-state index in [0.717, 1.165) is 17.8 Å². The molecule has 3 N–H and O–H groups in total. The Balaban J connectivity index is 3.01. The van der Waals surface area contributed by atoms with E-state index in [1.54, 1.807) is 0 Å². The van der Waals surface area contributed by atoms with Crippen molar-refractivity contribution in [3.05, 3.63) is 15.6 Å². The number of nitrogens with zero attached hydrogens (tertiary/aromatic N) is 1. The number of hydrogen-bond donors (Lipinski definition) is 2. The van der Waals surface area contributed by atoms with Crippen LogP contribution in [-0.2, 0) is 22.0 Å². The summed E-state index contributed by atoms with van der Waals surface area (Å²) in [5, 5.41) is 0.454. The van der Waals surface area contributed by atoms with Crippen LogP contribution in [0.5, 0.6) is 0 Å². The number of nitrogen functional groups attached to an aromatic ring is 1. The van der Waals surface area contributed by atoms with Gasteiger partial charge in [0.25, 0.3) is 5.91 Å². The predicted molar refractivity (Wildman–Crippen MR) is 75.5 cm³/mol. The summed E-state index contributed by atoms with van der Waals surface area (Å²) >= 11 is 1.10. The number of aromatic nitrogens is 1. The summed E-state index contributed by atoms with van der Waals surface area (Å²) in [6.45, 7) is 3.78. The van der Waals surface area contributed by atoms with Gasteiger partial charge in [-0.25, -0.2) is 19.2 Å². The predicted octanol–water partition coefficient (Wildman–Crippen LogP) is 1.02. The average Bonchev–Trinajstić information content (AvgIpc) is 2.70. The first kappa shape index (κ1) is 16.1. The number of hydrazine groups is 1. The first-order valence-electron chi connectivity index (χ1n) is 6.13. The summed E-state index contributed by atoms with van der Waals surface area (Å²) in [7, 11) is -3.15. The maximum atomic E-state index is 11.8. The Bertz CT molecular complexity index is 537.